The smallest absolute Gasteiger partial charge is 0.254 e. The summed E-state index contributed by atoms with van der Waals surface area (Å²) in [5.74, 6) is 0.335. The number of hydrogen-bond donors (Lipinski definition) is 1. The molecule has 1 atom stereocenters. The number of nitrogens with zero attached hydrogens (tertiary/aromatic N) is 2. The zero-order valence-electron chi connectivity index (χ0n) is 11.8. The van der Waals surface area contributed by atoms with Crippen LogP contribution in [-0.4, -0.2) is 28.4 Å². The standard InChI is InChI=1S/C15H15Cl2N3O2/c16-11-3-1-4-12(17)10(11)9-20-7-6-14(19-20)18-15(21)13-5-2-8-22-13/h1,3-4,6-7,13H,2,5,8-9H2,(H,18,19,21)/t13-/m0/s1. The molecule has 0 unspecified atom stereocenters. The number of rotatable bonds is 4. The number of aromatic nitrogens is 2. The average Bonchev–Trinajstić information content (AvgIpc) is 3.15. The van der Waals surface area contributed by atoms with Gasteiger partial charge in [-0.25, -0.2) is 0 Å². The fourth-order valence-corrected chi connectivity index (χ4v) is 2.87. The molecule has 1 N–H and O–H groups in total. The molecular weight excluding hydrogens is 325 g/mol. The molecule has 0 spiro atoms. The Kier molecular flexibility index (Phi) is 4.66. The van der Waals surface area contributed by atoms with Crippen LogP contribution in [-0.2, 0) is 16.1 Å². The first-order valence-corrected chi connectivity index (χ1v) is 7.78. The summed E-state index contributed by atoms with van der Waals surface area (Å²) in [6.07, 6.45) is 3.06. The topological polar surface area (TPSA) is 56.2 Å². The van der Waals surface area contributed by atoms with Crippen molar-refractivity contribution in [2.45, 2.75) is 25.5 Å². The van der Waals surface area contributed by atoms with Crippen molar-refractivity contribution in [1.82, 2.24) is 9.78 Å². The Morgan fingerprint density at radius 1 is 1.36 bits per heavy atom. The van der Waals surface area contributed by atoms with Gasteiger partial charge in [-0.05, 0) is 25.0 Å². The number of benzene rings is 1. The number of anilines is 1. The lowest BCUT2D eigenvalue weighted by Gasteiger charge is -2.09. The van der Waals surface area contributed by atoms with Crippen molar-refractivity contribution in [3.8, 4) is 0 Å². The molecule has 1 aliphatic rings. The van der Waals surface area contributed by atoms with Gasteiger partial charge in [0, 0.05) is 34.5 Å². The van der Waals surface area contributed by atoms with Crippen LogP contribution in [0.4, 0.5) is 5.82 Å². The van der Waals surface area contributed by atoms with E-state index in [0.717, 1.165) is 18.4 Å². The Labute approximate surface area is 138 Å². The molecule has 5 nitrogen and oxygen atoms in total. The molecule has 1 amide bonds. The number of nitrogens with one attached hydrogen (secondary N) is 1. The second kappa shape index (κ2) is 6.69. The lowest BCUT2D eigenvalue weighted by Crippen LogP contribution is -2.27. The van der Waals surface area contributed by atoms with Gasteiger partial charge in [-0.2, -0.15) is 5.10 Å². The molecule has 1 saturated heterocycles. The van der Waals surface area contributed by atoms with Crippen LogP contribution in [0.25, 0.3) is 0 Å². The zero-order chi connectivity index (χ0) is 15.5. The third-order valence-electron chi connectivity index (χ3n) is 3.50. The van der Waals surface area contributed by atoms with E-state index in [1.165, 1.54) is 0 Å². The fraction of sp³-hybridized carbons (Fsp3) is 0.333. The lowest BCUT2D eigenvalue weighted by atomic mass is 10.2. The summed E-state index contributed by atoms with van der Waals surface area (Å²) in [6, 6.07) is 7.10. The van der Waals surface area contributed by atoms with Crippen LogP contribution < -0.4 is 5.32 Å². The monoisotopic (exact) mass is 339 g/mol. The van der Waals surface area contributed by atoms with Crippen molar-refractivity contribution in [1.29, 1.82) is 0 Å². The SMILES string of the molecule is O=C(Nc1ccn(Cc2c(Cl)cccc2Cl)n1)[C@@H]1CCCO1. The molecule has 2 heterocycles. The van der Waals surface area contributed by atoms with Crippen LogP contribution in [0, 0.1) is 0 Å². The fourth-order valence-electron chi connectivity index (χ4n) is 2.35. The highest BCUT2D eigenvalue weighted by Crippen LogP contribution is 2.25. The minimum absolute atomic E-state index is 0.154. The van der Waals surface area contributed by atoms with Gasteiger partial charge in [0.2, 0.25) is 0 Å². The molecule has 2 aromatic rings. The first-order valence-electron chi connectivity index (χ1n) is 7.02. The Morgan fingerprint density at radius 3 is 2.82 bits per heavy atom. The molecular formula is C15H15Cl2N3O2. The molecule has 22 heavy (non-hydrogen) atoms. The van der Waals surface area contributed by atoms with Gasteiger partial charge in [-0.15, -0.1) is 0 Å². The van der Waals surface area contributed by atoms with E-state index in [2.05, 4.69) is 10.4 Å². The Hall–Kier alpha value is -1.56. The number of halogens is 2. The predicted octanol–water partition coefficient (Wildman–Crippen LogP) is 3.36. The number of carbonyl (C=O) groups excluding carboxylic acids is 1. The molecule has 0 radical (unpaired) electrons. The first-order chi connectivity index (χ1) is 10.6. The van der Waals surface area contributed by atoms with Crippen LogP contribution in [0.1, 0.15) is 18.4 Å². The van der Waals surface area contributed by atoms with Gasteiger partial charge in [0.05, 0.1) is 6.54 Å². The van der Waals surface area contributed by atoms with E-state index in [-0.39, 0.29) is 12.0 Å². The summed E-state index contributed by atoms with van der Waals surface area (Å²) >= 11 is 12.3. The highest BCUT2D eigenvalue weighted by atomic mass is 35.5. The third kappa shape index (κ3) is 3.43. The van der Waals surface area contributed by atoms with Gasteiger partial charge >= 0.3 is 0 Å². The van der Waals surface area contributed by atoms with Crippen molar-refractivity contribution in [3.05, 3.63) is 46.1 Å². The van der Waals surface area contributed by atoms with E-state index in [4.69, 9.17) is 27.9 Å². The minimum atomic E-state index is -0.372. The number of hydrogen-bond acceptors (Lipinski definition) is 3. The van der Waals surface area contributed by atoms with E-state index >= 15 is 0 Å². The van der Waals surface area contributed by atoms with Crippen molar-refractivity contribution >= 4 is 34.9 Å². The average molecular weight is 340 g/mol. The summed E-state index contributed by atoms with van der Waals surface area (Å²) < 4.78 is 7.02. The predicted molar refractivity (Wildman–Crippen MR) is 85.4 cm³/mol. The lowest BCUT2D eigenvalue weighted by molar-refractivity contribution is -0.124. The summed E-state index contributed by atoms with van der Waals surface area (Å²) in [7, 11) is 0. The second-order valence-corrected chi connectivity index (χ2v) is 5.90. The molecule has 1 aromatic heterocycles. The first kappa shape index (κ1) is 15.3. The van der Waals surface area contributed by atoms with Gasteiger partial charge < -0.3 is 10.1 Å². The van der Waals surface area contributed by atoms with Crippen LogP contribution >= 0.6 is 23.2 Å². The normalized spacial score (nSPS) is 17.6. The number of amides is 1. The van der Waals surface area contributed by atoms with Crippen molar-refractivity contribution in [2.75, 3.05) is 11.9 Å². The van der Waals surface area contributed by atoms with Crippen molar-refractivity contribution in [2.24, 2.45) is 0 Å². The van der Waals surface area contributed by atoms with Gasteiger partial charge in [0.25, 0.3) is 5.91 Å². The zero-order valence-corrected chi connectivity index (χ0v) is 13.3. The summed E-state index contributed by atoms with van der Waals surface area (Å²) in [6.45, 7) is 1.08. The van der Waals surface area contributed by atoms with Gasteiger partial charge in [-0.3, -0.25) is 9.48 Å². The molecule has 3 rings (SSSR count). The van der Waals surface area contributed by atoms with Gasteiger partial charge in [-0.1, -0.05) is 29.3 Å². The summed E-state index contributed by atoms with van der Waals surface area (Å²) in [5, 5.41) is 8.25. The Morgan fingerprint density at radius 2 is 2.14 bits per heavy atom. The number of carbonyl (C=O) groups is 1. The molecule has 0 bridgehead atoms. The van der Waals surface area contributed by atoms with E-state index in [1.54, 1.807) is 35.1 Å². The molecule has 7 heteroatoms. The quantitative estimate of drug-likeness (QED) is 0.929. The van der Waals surface area contributed by atoms with Crippen LogP contribution in [0.2, 0.25) is 10.0 Å². The molecule has 1 aliphatic heterocycles. The molecule has 116 valence electrons. The van der Waals surface area contributed by atoms with E-state index in [0.29, 0.717) is 29.0 Å². The minimum Gasteiger partial charge on any atom is -0.368 e. The highest BCUT2D eigenvalue weighted by molar-refractivity contribution is 6.35. The Balaban J connectivity index is 1.67. The van der Waals surface area contributed by atoms with E-state index < -0.39 is 0 Å². The number of ether oxygens (including phenoxy) is 1. The van der Waals surface area contributed by atoms with Gasteiger partial charge in [0.1, 0.15) is 6.10 Å². The molecule has 1 fully saturated rings. The van der Waals surface area contributed by atoms with E-state index in [1.807, 2.05) is 0 Å². The summed E-state index contributed by atoms with van der Waals surface area (Å²) in [4.78, 5) is 12.0. The third-order valence-corrected chi connectivity index (χ3v) is 4.20. The van der Waals surface area contributed by atoms with Crippen LogP contribution in [0.5, 0.6) is 0 Å². The van der Waals surface area contributed by atoms with Crippen LogP contribution in [0.15, 0.2) is 30.5 Å². The molecule has 0 aliphatic carbocycles. The van der Waals surface area contributed by atoms with Gasteiger partial charge in [0.15, 0.2) is 5.82 Å². The van der Waals surface area contributed by atoms with Crippen LogP contribution in [0.3, 0.4) is 0 Å². The maximum Gasteiger partial charge on any atom is 0.254 e. The van der Waals surface area contributed by atoms with Crippen molar-refractivity contribution in [3.63, 3.8) is 0 Å². The van der Waals surface area contributed by atoms with Crippen molar-refractivity contribution < 1.29 is 9.53 Å². The van der Waals surface area contributed by atoms with E-state index in [9.17, 15) is 4.79 Å². The maximum atomic E-state index is 12.0. The highest BCUT2D eigenvalue weighted by Gasteiger charge is 2.24. The largest absolute Gasteiger partial charge is 0.368 e. The summed E-state index contributed by atoms with van der Waals surface area (Å²) in [5.41, 5.74) is 0.797. The molecule has 1 aromatic carbocycles. The molecule has 0 saturated carbocycles. The Bertz CT molecular complexity index is 661. The second-order valence-electron chi connectivity index (χ2n) is 5.09. The maximum absolute atomic E-state index is 12.0.